The summed E-state index contributed by atoms with van der Waals surface area (Å²) in [6.07, 6.45) is -1.65. The molecule has 46 heavy (non-hydrogen) atoms. The largest absolute Gasteiger partial charge is 0.490 e. The van der Waals surface area contributed by atoms with Crippen LogP contribution in [0, 0.1) is 17.1 Å². The van der Waals surface area contributed by atoms with E-state index in [0.717, 1.165) is 24.0 Å². The molecule has 4 heterocycles. The van der Waals surface area contributed by atoms with Gasteiger partial charge in [0, 0.05) is 36.5 Å². The van der Waals surface area contributed by atoms with E-state index in [1.807, 2.05) is 36.4 Å². The van der Waals surface area contributed by atoms with Crippen molar-refractivity contribution in [1.29, 1.82) is 5.26 Å². The standard InChI is InChI=1S/C29H25FN6O3.C2HF3O2/c30-24-12-19(3-4-20(24)15-31)26-14-25(29(37)35-9-1-2-22(32)17-35)34-36(26)23-7-5-18(6-8-23)21-13-27-28(33-16-21)39-11-10-38-27;3-2(4,5)1(6)7/h3-8,12-14,16,22H,1-2,9-11,17,32H2;(H,6,7)/t22-;/m1./s1. The quantitative estimate of drug-likeness (QED) is 0.306. The summed E-state index contributed by atoms with van der Waals surface area (Å²) in [5, 5.41) is 20.9. The van der Waals surface area contributed by atoms with Gasteiger partial charge in [-0.05, 0) is 54.8 Å². The number of halogens is 4. The molecule has 0 aliphatic carbocycles. The second-order valence-electron chi connectivity index (χ2n) is 10.4. The zero-order valence-electron chi connectivity index (χ0n) is 24.0. The molecule has 0 unspecified atom stereocenters. The lowest BCUT2D eigenvalue weighted by Crippen LogP contribution is -2.45. The maximum atomic E-state index is 14.6. The number of carbonyl (C=O) groups excluding carboxylic acids is 1. The summed E-state index contributed by atoms with van der Waals surface area (Å²) in [4.78, 5) is 28.3. The third-order valence-electron chi connectivity index (χ3n) is 7.14. The second kappa shape index (κ2) is 13.2. The van der Waals surface area contributed by atoms with Crippen molar-refractivity contribution in [3.05, 3.63) is 77.9 Å². The van der Waals surface area contributed by atoms with Crippen LogP contribution in [0.25, 0.3) is 28.1 Å². The molecule has 2 aromatic heterocycles. The van der Waals surface area contributed by atoms with Crippen LogP contribution in [0.2, 0.25) is 0 Å². The molecule has 1 fully saturated rings. The Balaban J connectivity index is 0.000000537. The first-order chi connectivity index (χ1) is 21.9. The van der Waals surface area contributed by atoms with Gasteiger partial charge in [-0.3, -0.25) is 4.79 Å². The fourth-order valence-corrected chi connectivity index (χ4v) is 4.90. The number of carbonyl (C=O) groups is 2. The molecule has 2 aliphatic rings. The Hall–Kier alpha value is -5.49. The first kappa shape index (κ1) is 31.9. The van der Waals surface area contributed by atoms with Gasteiger partial charge in [0.05, 0.1) is 16.9 Å². The molecule has 1 saturated heterocycles. The number of fused-ring (bicyclic) bond motifs is 1. The van der Waals surface area contributed by atoms with Crippen molar-refractivity contribution in [1.82, 2.24) is 19.7 Å². The minimum absolute atomic E-state index is 0.0548. The number of pyridine rings is 1. The van der Waals surface area contributed by atoms with Crippen LogP contribution in [0.3, 0.4) is 0 Å². The van der Waals surface area contributed by atoms with Crippen molar-refractivity contribution >= 4 is 11.9 Å². The van der Waals surface area contributed by atoms with Gasteiger partial charge in [0.2, 0.25) is 0 Å². The Labute approximate surface area is 259 Å². The molecule has 4 aromatic rings. The van der Waals surface area contributed by atoms with Crippen molar-refractivity contribution in [3.63, 3.8) is 0 Å². The van der Waals surface area contributed by atoms with Crippen molar-refractivity contribution in [2.75, 3.05) is 26.3 Å². The smallest absolute Gasteiger partial charge is 0.484 e. The predicted molar refractivity (Wildman–Crippen MR) is 155 cm³/mol. The summed E-state index contributed by atoms with van der Waals surface area (Å²) >= 11 is 0. The van der Waals surface area contributed by atoms with Crippen LogP contribution in [-0.2, 0) is 4.79 Å². The number of carboxylic acids is 1. The molecule has 6 rings (SSSR count). The number of hydrogen-bond acceptors (Lipinski definition) is 8. The number of likely N-dealkylation sites (tertiary alicyclic amines) is 1. The number of piperidine rings is 1. The van der Waals surface area contributed by atoms with E-state index in [0.29, 0.717) is 54.9 Å². The maximum absolute atomic E-state index is 14.6. The van der Waals surface area contributed by atoms with Crippen molar-refractivity contribution in [2.45, 2.75) is 25.1 Å². The summed E-state index contributed by atoms with van der Waals surface area (Å²) in [5.41, 5.74) is 9.74. The fraction of sp³-hybridized carbons (Fsp3) is 0.258. The first-order valence-corrected chi connectivity index (χ1v) is 14.0. The zero-order valence-corrected chi connectivity index (χ0v) is 24.0. The number of carboxylic acid groups (broad SMARTS) is 1. The minimum atomic E-state index is -5.08. The van der Waals surface area contributed by atoms with Crippen LogP contribution >= 0.6 is 0 Å². The van der Waals surface area contributed by atoms with Crippen LogP contribution in [0.1, 0.15) is 28.9 Å². The van der Waals surface area contributed by atoms with Crippen molar-refractivity contribution < 1.29 is 41.7 Å². The molecule has 2 aromatic carbocycles. The highest BCUT2D eigenvalue weighted by atomic mass is 19.4. The minimum Gasteiger partial charge on any atom is -0.484 e. The van der Waals surface area contributed by atoms with E-state index in [2.05, 4.69) is 10.1 Å². The van der Waals surface area contributed by atoms with Gasteiger partial charge in [-0.1, -0.05) is 18.2 Å². The average molecular weight is 639 g/mol. The van der Waals surface area contributed by atoms with Gasteiger partial charge < -0.3 is 25.2 Å². The van der Waals surface area contributed by atoms with E-state index in [1.165, 1.54) is 12.1 Å². The lowest BCUT2D eigenvalue weighted by Gasteiger charge is -2.30. The third-order valence-corrected chi connectivity index (χ3v) is 7.14. The summed E-state index contributed by atoms with van der Waals surface area (Å²) < 4.78 is 59.1. The van der Waals surface area contributed by atoms with Crippen LogP contribution in [0.4, 0.5) is 17.6 Å². The SMILES string of the molecule is N#Cc1ccc(-c2cc(C(=O)N3CCC[C@@H](N)C3)nn2-c2ccc(-c3cnc4c(c3)OCCO4)cc2)cc1F.O=C(O)C(F)(F)F. The molecule has 1 atom stereocenters. The predicted octanol–water partition coefficient (Wildman–Crippen LogP) is 4.58. The van der Waals surface area contributed by atoms with E-state index in [1.54, 1.807) is 27.9 Å². The molecule has 11 nitrogen and oxygen atoms in total. The summed E-state index contributed by atoms with van der Waals surface area (Å²) in [6, 6.07) is 17.2. The Bertz CT molecular complexity index is 1800. The van der Waals surface area contributed by atoms with Crippen LogP contribution in [0.15, 0.2) is 60.8 Å². The van der Waals surface area contributed by atoms with Gasteiger partial charge in [-0.15, -0.1) is 0 Å². The van der Waals surface area contributed by atoms with Crippen molar-refractivity contribution in [3.8, 4) is 45.8 Å². The number of nitrogens with zero attached hydrogens (tertiary/aromatic N) is 5. The normalized spacial score (nSPS) is 15.7. The highest BCUT2D eigenvalue weighted by Gasteiger charge is 2.38. The molecular weight excluding hydrogens is 612 g/mol. The van der Waals surface area contributed by atoms with Gasteiger partial charge in [-0.25, -0.2) is 18.9 Å². The number of alkyl halides is 3. The number of rotatable bonds is 4. The number of nitrogens with two attached hydrogens (primary N) is 1. The summed E-state index contributed by atoms with van der Waals surface area (Å²) in [7, 11) is 0. The Kier molecular flexibility index (Phi) is 9.19. The van der Waals surface area contributed by atoms with E-state index >= 15 is 0 Å². The molecule has 0 radical (unpaired) electrons. The zero-order chi connectivity index (χ0) is 33.0. The first-order valence-electron chi connectivity index (χ1n) is 14.0. The number of hydrogen-bond donors (Lipinski definition) is 2. The highest BCUT2D eigenvalue weighted by molar-refractivity contribution is 5.94. The molecular formula is C31H26F4N6O5. The topological polar surface area (TPSA) is 157 Å². The molecule has 0 saturated carbocycles. The Morgan fingerprint density at radius 1 is 1.02 bits per heavy atom. The van der Waals surface area contributed by atoms with Gasteiger partial charge in [0.15, 0.2) is 11.4 Å². The number of benzene rings is 2. The van der Waals surface area contributed by atoms with E-state index in [9.17, 15) is 22.4 Å². The lowest BCUT2D eigenvalue weighted by molar-refractivity contribution is -0.192. The molecule has 2 aliphatic heterocycles. The van der Waals surface area contributed by atoms with E-state index in [-0.39, 0.29) is 23.2 Å². The third kappa shape index (κ3) is 7.08. The molecule has 0 bridgehead atoms. The number of nitriles is 1. The molecule has 238 valence electrons. The second-order valence-corrected chi connectivity index (χ2v) is 10.4. The molecule has 3 N–H and O–H groups in total. The van der Waals surface area contributed by atoms with Gasteiger partial charge in [0.25, 0.3) is 11.8 Å². The molecule has 1 amide bonds. The van der Waals surface area contributed by atoms with Crippen LogP contribution in [-0.4, -0.2) is 75.2 Å². The van der Waals surface area contributed by atoms with Crippen LogP contribution in [0.5, 0.6) is 11.6 Å². The van der Waals surface area contributed by atoms with E-state index < -0.39 is 18.0 Å². The van der Waals surface area contributed by atoms with Crippen LogP contribution < -0.4 is 15.2 Å². The fourth-order valence-electron chi connectivity index (χ4n) is 4.90. The average Bonchev–Trinajstić information content (AvgIpc) is 3.50. The van der Waals surface area contributed by atoms with Crippen molar-refractivity contribution in [2.24, 2.45) is 5.73 Å². The van der Waals surface area contributed by atoms with Gasteiger partial charge >= 0.3 is 12.1 Å². The highest BCUT2D eigenvalue weighted by Crippen LogP contribution is 2.33. The monoisotopic (exact) mass is 638 g/mol. The molecule has 0 spiro atoms. The summed E-state index contributed by atoms with van der Waals surface area (Å²) in [5.74, 6) is -2.55. The number of aromatic nitrogens is 3. The Morgan fingerprint density at radius 2 is 1.72 bits per heavy atom. The number of ether oxygens (including phenoxy) is 2. The number of aliphatic carboxylic acids is 1. The Morgan fingerprint density at radius 3 is 2.37 bits per heavy atom. The summed E-state index contributed by atoms with van der Waals surface area (Å²) in [6.45, 7) is 2.02. The number of amides is 1. The van der Waals surface area contributed by atoms with Gasteiger partial charge in [-0.2, -0.15) is 23.5 Å². The van der Waals surface area contributed by atoms with Gasteiger partial charge in [0.1, 0.15) is 25.1 Å². The maximum Gasteiger partial charge on any atom is 0.490 e. The van der Waals surface area contributed by atoms with E-state index in [4.69, 9.17) is 30.4 Å². The molecule has 15 heteroatoms. The lowest BCUT2D eigenvalue weighted by atomic mass is 10.1.